The van der Waals surface area contributed by atoms with Crippen molar-refractivity contribution in [3.63, 3.8) is 0 Å². The summed E-state index contributed by atoms with van der Waals surface area (Å²) in [4.78, 5) is 21.7. The monoisotopic (exact) mass is 612 g/mol. The summed E-state index contributed by atoms with van der Waals surface area (Å²) < 4.78 is 46.4. The smallest absolute Gasteiger partial charge is 0.209 e. The Labute approximate surface area is 252 Å². The van der Waals surface area contributed by atoms with Crippen molar-refractivity contribution in [2.24, 2.45) is 0 Å². The third-order valence-corrected chi connectivity index (χ3v) is 8.37. The quantitative estimate of drug-likeness (QED) is 0.203. The molecule has 6 aromatic rings. The van der Waals surface area contributed by atoms with E-state index in [9.17, 15) is 12.8 Å². The summed E-state index contributed by atoms with van der Waals surface area (Å²) in [5, 5.41) is 7.53. The molecule has 0 saturated heterocycles. The maximum atomic E-state index is 14.6. The lowest BCUT2D eigenvalue weighted by atomic mass is 9.98. The number of nitrogens with one attached hydrogen (secondary N) is 3. The first-order valence-electron chi connectivity index (χ1n) is 14.3. The van der Waals surface area contributed by atoms with Crippen molar-refractivity contribution in [2.45, 2.75) is 44.8 Å². The zero-order valence-corrected chi connectivity index (χ0v) is 24.7. The molecule has 0 aliphatic heterocycles. The Hall–Kier alpha value is -4.75. The average Bonchev–Trinajstić information content (AvgIpc) is 3.64. The number of pyridine rings is 3. The van der Waals surface area contributed by atoms with Gasteiger partial charge >= 0.3 is 0 Å². The van der Waals surface area contributed by atoms with Crippen LogP contribution in [0.1, 0.15) is 37.7 Å². The third kappa shape index (κ3) is 5.88. The van der Waals surface area contributed by atoms with Gasteiger partial charge in [-0.05, 0) is 73.2 Å². The molecule has 0 spiro atoms. The fourth-order valence-corrected chi connectivity index (χ4v) is 6.03. The summed E-state index contributed by atoms with van der Waals surface area (Å²) in [6.45, 7) is -0.0444. The van der Waals surface area contributed by atoms with Crippen LogP contribution in [-0.2, 0) is 16.6 Å². The SMILES string of the molecule is CS(=O)(=O)NCc1cc(F)cc(-c2cncc3[nH]c(-c4n[nH]c5ccc(-c6cncc(OC7CCCCC7)c6)nc45)nc23)c1. The molecule has 3 N–H and O–H groups in total. The lowest BCUT2D eigenvalue weighted by molar-refractivity contribution is 0.154. The van der Waals surface area contributed by atoms with Gasteiger partial charge in [-0.25, -0.2) is 27.5 Å². The number of H-pyrrole nitrogens is 2. The van der Waals surface area contributed by atoms with E-state index in [1.165, 1.54) is 31.4 Å². The topological polar surface area (TPSA) is 151 Å². The van der Waals surface area contributed by atoms with E-state index >= 15 is 0 Å². The lowest BCUT2D eigenvalue weighted by Crippen LogP contribution is -2.21. The molecule has 0 bridgehead atoms. The summed E-state index contributed by atoms with van der Waals surface area (Å²) in [6, 6.07) is 10.2. The standard InChI is InChI=1S/C31H29FN8O3S/c1-44(41,42)35-13-18-9-19(11-21(32)10-18)24-16-34-17-27-28(24)38-31(37-27)30-29-26(39-40-30)8-7-25(36-29)20-12-23(15-33-14-20)43-22-5-3-2-4-6-22/h7-12,14-17,22,35H,2-6,13H2,1H3,(H,37,38)(H,39,40). The molecule has 7 rings (SSSR count). The van der Waals surface area contributed by atoms with Crippen LogP contribution >= 0.6 is 0 Å². The molecule has 5 heterocycles. The first kappa shape index (κ1) is 28.0. The second-order valence-corrected chi connectivity index (χ2v) is 12.9. The Bertz CT molecular complexity index is 2100. The zero-order valence-electron chi connectivity index (χ0n) is 23.8. The highest BCUT2D eigenvalue weighted by Gasteiger charge is 2.19. The van der Waals surface area contributed by atoms with E-state index in [0.717, 1.165) is 41.6 Å². The number of hydrogen-bond acceptors (Lipinski definition) is 8. The Kier molecular flexibility index (Phi) is 7.26. The molecular weight excluding hydrogens is 583 g/mol. The number of ether oxygens (including phenoxy) is 1. The largest absolute Gasteiger partial charge is 0.489 e. The molecule has 1 aliphatic carbocycles. The van der Waals surface area contributed by atoms with Gasteiger partial charge in [-0.2, -0.15) is 5.10 Å². The molecule has 13 heteroatoms. The van der Waals surface area contributed by atoms with E-state index in [4.69, 9.17) is 14.7 Å². The predicted molar refractivity (Wildman–Crippen MR) is 165 cm³/mol. The third-order valence-electron chi connectivity index (χ3n) is 7.70. The highest BCUT2D eigenvalue weighted by atomic mass is 32.2. The number of rotatable bonds is 8. The number of sulfonamides is 1. The first-order valence-corrected chi connectivity index (χ1v) is 16.2. The summed E-state index contributed by atoms with van der Waals surface area (Å²) in [5.41, 5.74) is 6.17. The first-order chi connectivity index (χ1) is 21.3. The van der Waals surface area contributed by atoms with Gasteiger partial charge in [0, 0.05) is 30.1 Å². The molecule has 224 valence electrons. The van der Waals surface area contributed by atoms with Crippen LogP contribution in [0.2, 0.25) is 0 Å². The molecule has 1 aliphatic rings. The van der Waals surface area contributed by atoms with Crippen LogP contribution in [0.15, 0.2) is 61.2 Å². The average molecular weight is 613 g/mol. The minimum absolute atomic E-state index is 0.0444. The Morgan fingerprint density at radius 2 is 1.77 bits per heavy atom. The highest BCUT2D eigenvalue weighted by Crippen LogP contribution is 2.33. The highest BCUT2D eigenvalue weighted by molar-refractivity contribution is 7.88. The Morgan fingerprint density at radius 1 is 0.932 bits per heavy atom. The minimum atomic E-state index is -3.44. The van der Waals surface area contributed by atoms with Gasteiger partial charge in [0.25, 0.3) is 0 Å². The molecular formula is C31H29FN8O3S. The number of halogens is 1. The lowest BCUT2D eigenvalue weighted by Gasteiger charge is -2.22. The minimum Gasteiger partial charge on any atom is -0.489 e. The maximum Gasteiger partial charge on any atom is 0.209 e. The van der Waals surface area contributed by atoms with E-state index in [1.807, 2.05) is 18.2 Å². The van der Waals surface area contributed by atoms with Gasteiger partial charge < -0.3 is 9.72 Å². The van der Waals surface area contributed by atoms with E-state index in [0.29, 0.717) is 44.8 Å². The zero-order chi connectivity index (χ0) is 30.3. The number of benzene rings is 1. The van der Waals surface area contributed by atoms with Crippen LogP contribution in [0.25, 0.3) is 56.0 Å². The van der Waals surface area contributed by atoms with Crippen LogP contribution < -0.4 is 9.46 Å². The van der Waals surface area contributed by atoms with Gasteiger partial charge in [-0.1, -0.05) is 6.42 Å². The van der Waals surface area contributed by atoms with Crippen molar-refractivity contribution in [3.05, 3.63) is 72.6 Å². The number of aromatic amines is 2. The maximum absolute atomic E-state index is 14.6. The van der Waals surface area contributed by atoms with Gasteiger partial charge in [0.05, 0.1) is 47.0 Å². The van der Waals surface area contributed by atoms with Crippen molar-refractivity contribution < 1.29 is 17.5 Å². The van der Waals surface area contributed by atoms with E-state index in [2.05, 4.69) is 29.9 Å². The normalized spacial score (nSPS) is 14.4. The van der Waals surface area contributed by atoms with Crippen LogP contribution in [0.3, 0.4) is 0 Å². The van der Waals surface area contributed by atoms with Crippen molar-refractivity contribution in [3.8, 4) is 39.7 Å². The fourth-order valence-electron chi connectivity index (χ4n) is 5.60. The molecule has 1 aromatic carbocycles. The van der Waals surface area contributed by atoms with Gasteiger partial charge in [-0.15, -0.1) is 0 Å². The summed E-state index contributed by atoms with van der Waals surface area (Å²) >= 11 is 0. The summed E-state index contributed by atoms with van der Waals surface area (Å²) in [7, 11) is -3.44. The van der Waals surface area contributed by atoms with Crippen molar-refractivity contribution in [2.75, 3.05) is 6.26 Å². The molecule has 5 aromatic heterocycles. The molecule has 0 unspecified atom stereocenters. The van der Waals surface area contributed by atoms with Crippen LogP contribution in [0.5, 0.6) is 5.75 Å². The van der Waals surface area contributed by atoms with Crippen molar-refractivity contribution in [1.82, 2.24) is 39.8 Å². The number of imidazole rings is 1. The van der Waals surface area contributed by atoms with Gasteiger partial charge in [0.15, 0.2) is 11.5 Å². The molecule has 1 fully saturated rings. The van der Waals surface area contributed by atoms with Gasteiger partial charge in [-0.3, -0.25) is 15.1 Å². The molecule has 0 radical (unpaired) electrons. The number of hydrogen-bond donors (Lipinski definition) is 3. The van der Waals surface area contributed by atoms with E-state index in [1.54, 1.807) is 30.9 Å². The number of nitrogens with zero attached hydrogens (tertiary/aromatic N) is 5. The van der Waals surface area contributed by atoms with E-state index < -0.39 is 15.8 Å². The summed E-state index contributed by atoms with van der Waals surface area (Å²) in [5.74, 6) is 0.694. The van der Waals surface area contributed by atoms with E-state index in [-0.39, 0.29) is 12.6 Å². The predicted octanol–water partition coefficient (Wildman–Crippen LogP) is 5.53. The second-order valence-electron chi connectivity index (χ2n) is 11.1. The number of aromatic nitrogens is 7. The van der Waals surface area contributed by atoms with Gasteiger partial charge in [0.1, 0.15) is 17.1 Å². The van der Waals surface area contributed by atoms with Crippen LogP contribution in [-0.4, -0.2) is 55.9 Å². The summed E-state index contributed by atoms with van der Waals surface area (Å²) in [6.07, 6.45) is 13.8. The second kappa shape index (κ2) is 11.4. The van der Waals surface area contributed by atoms with Gasteiger partial charge in [0.2, 0.25) is 10.0 Å². The Balaban J connectivity index is 1.23. The van der Waals surface area contributed by atoms with Crippen molar-refractivity contribution in [1.29, 1.82) is 0 Å². The molecule has 1 saturated carbocycles. The number of fused-ring (bicyclic) bond motifs is 2. The molecule has 0 atom stereocenters. The molecule has 11 nitrogen and oxygen atoms in total. The Morgan fingerprint density at radius 3 is 2.61 bits per heavy atom. The van der Waals surface area contributed by atoms with Crippen molar-refractivity contribution >= 4 is 32.1 Å². The van der Waals surface area contributed by atoms with Crippen LogP contribution in [0.4, 0.5) is 4.39 Å². The molecule has 44 heavy (non-hydrogen) atoms. The fraction of sp³-hybridized carbons (Fsp3) is 0.258. The molecule has 0 amide bonds. The van der Waals surface area contributed by atoms with Crippen LogP contribution in [0, 0.1) is 5.82 Å².